The van der Waals surface area contributed by atoms with Crippen molar-refractivity contribution in [3.8, 4) is 0 Å². The van der Waals surface area contributed by atoms with Crippen LogP contribution in [0.5, 0.6) is 0 Å². The second kappa shape index (κ2) is 4.79. The normalized spacial score (nSPS) is 23.3. The van der Waals surface area contributed by atoms with Crippen LogP contribution < -0.4 is 4.90 Å². The summed E-state index contributed by atoms with van der Waals surface area (Å²) in [7, 11) is -6.36. The number of para-hydroxylation sites is 1. The first-order chi connectivity index (χ1) is 8.72. The average Bonchev–Trinajstić information content (AvgIpc) is 2.32. The highest BCUT2D eigenvalue weighted by atomic mass is 32.2. The number of benzene rings is 1. The van der Waals surface area contributed by atoms with Crippen LogP contribution in [0.15, 0.2) is 29.2 Å². The van der Waals surface area contributed by atoms with Gasteiger partial charge in [0.2, 0.25) is 0 Å². The Morgan fingerprint density at radius 3 is 2.47 bits per heavy atom. The lowest BCUT2D eigenvalue weighted by Gasteiger charge is -2.33. The highest BCUT2D eigenvalue weighted by Crippen LogP contribution is 2.27. The van der Waals surface area contributed by atoms with Gasteiger partial charge in [0.15, 0.2) is 19.7 Å². The van der Waals surface area contributed by atoms with Crippen molar-refractivity contribution in [2.24, 2.45) is 0 Å². The van der Waals surface area contributed by atoms with E-state index in [4.69, 9.17) is 0 Å². The predicted octanol–water partition coefficient (Wildman–Crippen LogP) is 0.713. The van der Waals surface area contributed by atoms with Crippen LogP contribution in [0.4, 0.5) is 5.69 Å². The van der Waals surface area contributed by atoms with Gasteiger partial charge in [0.1, 0.15) is 0 Å². The summed E-state index contributed by atoms with van der Waals surface area (Å²) in [5, 5.41) is -0.478. The molecule has 0 N–H and O–H groups in total. The van der Waals surface area contributed by atoms with Gasteiger partial charge in [0.25, 0.3) is 0 Å². The number of anilines is 1. The fraction of sp³-hybridized carbons (Fsp3) is 0.500. The van der Waals surface area contributed by atoms with Gasteiger partial charge in [-0.3, -0.25) is 0 Å². The standard InChI is InChI=1S/C12H17NO4S2/c1-10-9-13(7-8-19(10,16)17)11-5-3-4-6-12(11)18(2,14)15/h3-6,10H,7-9H2,1-2H3. The number of hydrogen-bond donors (Lipinski definition) is 0. The molecule has 1 aliphatic heterocycles. The molecule has 0 saturated carbocycles. The fourth-order valence-electron chi connectivity index (χ4n) is 2.20. The largest absolute Gasteiger partial charge is 0.368 e. The van der Waals surface area contributed by atoms with Gasteiger partial charge in [-0.05, 0) is 19.1 Å². The Balaban J connectivity index is 2.40. The molecule has 2 rings (SSSR count). The molecule has 0 aromatic heterocycles. The third-order valence-corrected chi connectivity index (χ3v) is 6.61. The summed E-state index contributed by atoms with van der Waals surface area (Å²) in [6.07, 6.45) is 1.16. The molecular formula is C12H17NO4S2. The van der Waals surface area contributed by atoms with E-state index in [0.29, 0.717) is 18.8 Å². The molecule has 106 valence electrons. The van der Waals surface area contributed by atoms with Crippen LogP contribution in [-0.4, -0.2) is 47.2 Å². The SMILES string of the molecule is CC1CN(c2ccccc2S(C)(=O)=O)CCS1(=O)=O. The Morgan fingerprint density at radius 2 is 1.89 bits per heavy atom. The summed E-state index contributed by atoms with van der Waals surface area (Å²) < 4.78 is 46.9. The van der Waals surface area contributed by atoms with Crippen molar-refractivity contribution in [2.45, 2.75) is 17.1 Å². The Hall–Kier alpha value is -1.08. The molecule has 1 saturated heterocycles. The van der Waals surface area contributed by atoms with Gasteiger partial charge in [-0.25, -0.2) is 16.8 Å². The van der Waals surface area contributed by atoms with Gasteiger partial charge >= 0.3 is 0 Å². The summed E-state index contributed by atoms with van der Waals surface area (Å²) >= 11 is 0. The minimum Gasteiger partial charge on any atom is -0.368 e. The van der Waals surface area contributed by atoms with Crippen molar-refractivity contribution in [2.75, 3.05) is 30.0 Å². The summed E-state index contributed by atoms with van der Waals surface area (Å²) in [6, 6.07) is 6.71. The summed E-state index contributed by atoms with van der Waals surface area (Å²) in [5.41, 5.74) is 0.590. The van der Waals surface area contributed by atoms with Crippen molar-refractivity contribution in [1.29, 1.82) is 0 Å². The minimum absolute atomic E-state index is 0.0618. The number of hydrogen-bond acceptors (Lipinski definition) is 5. The van der Waals surface area contributed by atoms with Gasteiger partial charge < -0.3 is 4.90 Å². The van der Waals surface area contributed by atoms with Gasteiger partial charge in [0.05, 0.1) is 21.6 Å². The van der Waals surface area contributed by atoms with Crippen LogP contribution in [-0.2, 0) is 19.7 Å². The Labute approximate surface area is 114 Å². The maximum atomic E-state index is 11.8. The van der Waals surface area contributed by atoms with Crippen molar-refractivity contribution >= 4 is 25.4 Å². The molecule has 1 atom stereocenters. The molecule has 1 unspecified atom stereocenters. The summed E-state index contributed by atoms with van der Waals surface area (Å²) in [5.74, 6) is 0.0618. The zero-order chi connectivity index (χ0) is 14.3. The van der Waals surface area contributed by atoms with Crippen LogP contribution in [0.2, 0.25) is 0 Å². The lowest BCUT2D eigenvalue weighted by molar-refractivity contribution is 0.568. The molecule has 19 heavy (non-hydrogen) atoms. The van der Waals surface area contributed by atoms with Gasteiger partial charge in [-0.1, -0.05) is 12.1 Å². The van der Waals surface area contributed by atoms with Gasteiger partial charge in [-0.2, -0.15) is 0 Å². The average molecular weight is 303 g/mol. The minimum atomic E-state index is -3.32. The molecular weight excluding hydrogens is 286 g/mol. The van der Waals surface area contributed by atoms with Crippen molar-refractivity contribution in [3.05, 3.63) is 24.3 Å². The van der Waals surface area contributed by atoms with E-state index in [2.05, 4.69) is 0 Å². The summed E-state index contributed by atoms with van der Waals surface area (Å²) in [6.45, 7) is 2.32. The summed E-state index contributed by atoms with van der Waals surface area (Å²) in [4.78, 5) is 2.09. The van der Waals surface area contributed by atoms with Crippen molar-refractivity contribution < 1.29 is 16.8 Å². The van der Waals surface area contributed by atoms with Crippen LogP contribution in [0.3, 0.4) is 0 Å². The highest BCUT2D eigenvalue weighted by Gasteiger charge is 2.31. The van der Waals surface area contributed by atoms with E-state index in [1.54, 1.807) is 31.2 Å². The quantitative estimate of drug-likeness (QED) is 0.805. The third-order valence-electron chi connectivity index (χ3n) is 3.34. The Bertz CT molecular complexity index is 679. The third kappa shape index (κ3) is 2.92. The van der Waals surface area contributed by atoms with Crippen molar-refractivity contribution in [3.63, 3.8) is 0 Å². The zero-order valence-electron chi connectivity index (χ0n) is 10.9. The van der Waals surface area contributed by atoms with Crippen LogP contribution in [0.25, 0.3) is 0 Å². The number of sulfone groups is 2. The maximum Gasteiger partial charge on any atom is 0.177 e. The van der Waals surface area contributed by atoms with Gasteiger partial charge in [-0.15, -0.1) is 0 Å². The first-order valence-electron chi connectivity index (χ1n) is 5.97. The van der Waals surface area contributed by atoms with E-state index < -0.39 is 24.9 Å². The zero-order valence-corrected chi connectivity index (χ0v) is 12.5. The monoisotopic (exact) mass is 303 g/mol. The first kappa shape index (κ1) is 14.3. The highest BCUT2D eigenvalue weighted by molar-refractivity contribution is 7.92. The molecule has 0 radical (unpaired) electrons. The van der Waals surface area contributed by atoms with E-state index in [-0.39, 0.29) is 10.6 Å². The first-order valence-corrected chi connectivity index (χ1v) is 9.58. The molecule has 1 aliphatic rings. The molecule has 1 aromatic carbocycles. The molecule has 1 aromatic rings. The predicted molar refractivity (Wildman–Crippen MR) is 75.0 cm³/mol. The molecule has 0 aliphatic carbocycles. The molecule has 1 heterocycles. The van der Waals surface area contributed by atoms with E-state index in [0.717, 1.165) is 6.26 Å². The van der Waals surface area contributed by atoms with E-state index >= 15 is 0 Å². The smallest absolute Gasteiger partial charge is 0.177 e. The van der Waals surface area contributed by atoms with Crippen molar-refractivity contribution in [1.82, 2.24) is 0 Å². The fourth-order valence-corrected chi connectivity index (χ4v) is 4.39. The maximum absolute atomic E-state index is 11.8. The number of rotatable bonds is 2. The molecule has 0 bridgehead atoms. The van der Waals surface area contributed by atoms with Crippen LogP contribution in [0, 0.1) is 0 Å². The molecule has 1 fully saturated rings. The van der Waals surface area contributed by atoms with E-state index in [1.807, 2.05) is 4.90 Å². The lowest BCUT2D eigenvalue weighted by atomic mass is 10.2. The molecule has 5 nitrogen and oxygen atoms in total. The number of nitrogens with zero attached hydrogens (tertiary/aromatic N) is 1. The van der Waals surface area contributed by atoms with Gasteiger partial charge in [0, 0.05) is 19.3 Å². The lowest BCUT2D eigenvalue weighted by Crippen LogP contribution is -2.45. The molecule has 0 spiro atoms. The second-order valence-electron chi connectivity index (χ2n) is 4.86. The van der Waals surface area contributed by atoms with Crippen LogP contribution in [0.1, 0.15) is 6.92 Å². The van der Waals surface area contributed by atoms with E-state index in [9.17, 15) is 16.8 Å². The molecule has 0 amide bonds. The van der Waals surface area contributed by atoms with Crippen LogP contribution >= 0.6 is 0 Å². The second-order valence-corrected chi connectivity index (χ2v) is 9.39. The Morgan fingerprint density at radius 1 is 1.26 bits per heavy atom. The topological polar surface area (TPSA) is 71.5 Å². The van der Waals surface area contributed by atoms with E-state index in [1.165, 1.54) is 0 Å². The Kier molecular flexibility index (Phi) is 3.61. The molecule has 7 heteroatoms.